The van der Waals surface area contributed by atoms with Gasteiger partial charge in [0, 0.05) is 21.6 Å². The summed E-state index contributed by atoms with van der Waals surface area (Å²) in [4.78, 5) is 3.28. The fraction of sp³-hybridized carbons (Fsp3) is 0.273. The number of hydrogen-bond donors (Lipinski definition) is 2. The second-order valence-electron chi connectivity index (χ2n) is 3.33. The van der Waals surface area contributed by atoms with E-state index >= 15 is 0 Å². The van der Waals surface area contributed by atoms with Crippen LogP contribution in [0.2, 0.25) is 0 Å². The van der Waals surface area contributed by atoms with Crippen LogP contribution in [0.1, 0.15) is 5.56 Å². The molecule has 74 valence electrons. The van der Waals surface area contributed by atoms with Gasteiger partial charge >= 0.3 is 0 Å². The molecular formula is C11H13BrN2. The number of benzene rings is 1. The normalized spacial score (nSPS) is 11.0. The van der Waals surface area contributed by atoms with Crippen molar-refractivity contribution < 1.29 is 0 Å². The summed E-state index contributed by atoms with van der Waals surface area (Å²) in [6.45, 7) is 1.01. The quantitative estimate of drug-likeness (QED) is 0.864. The molecule has 3 heteroatoms. The molecular weight excluding hydrogens is 240 g/mol. The summed E-state index contributed by atoms with van der Waals surface area (Å²) in [5, 5.41) is 4.47. The van der Waals surface area contributed by atoms with E-state index in [-0.39, 0.29) is 0 Å². The average molecular weight is 253 g/mol. The largest absolute Gasteiger partial charge is 0.361 e. The monoisotopic (exact) mass is 252 g/mol. The number of rotatable bonds is 3. The van der Waals surface area contributed by atoms with Crippen molar-refractivity contribution in [2.24, 2.45) is 0 Å². The van der Waals surface area contributed by atoms with Crippen LogP contribution in [0.5, 0.6) is 0 Å². The third-order valence-corrected chi connectivity index (χ3v) is 3.04. The zero-order valence-corrected chi connectivity index (χ0v) is 9.69. The Labute approximate surface area is 91.8 Å². The highest BCUT2D eigenvalue weighted by molar-refractivity contribution is 9.10. The highest BCUT2D eigenvalue weighted by atomic mass is 79.9. The molecule has 1 aromatic carbocycles. The summed E-state index contributed by atoms with van der Waals surface area (Å²) in [5.41, 5.74) is 2.56. The van der Waals surface area contributed by atoms with E-state index in [2.05, 4.69) is 44.6 Å². The van der Waals surface area contributed by atoms with Crippen LogP contribution in [0.15, 0.2) is 28.9 Å². The highest BCUT2D eigenvalue weighted by Crippen LogP contribution is 2.26. The lowest BCUT2D eigenvalue weighted by Crippen LogP contribution is -2.09. The summed E-state index contributed by atoms with van der Waals surface area (Å²) in [5.74, 6) is 0. The minimum atomic E-state index is 1.01. The minimum absolute atomic E-state index is 1.01. The van der Waals surface area contributed by atoms with E-state index in [9.17, 15) is 0 Å². The number of nitrogens with one attached hydrogen (secondary N) is 2. The van der Waals surface area contributed by atoms with Gasteiger partial charge in [-0.3, -0.25) is 0 Å². The van der Waals surface area contributed by atoms with E-state index in [1.807, 2.05) is 13.1 Å². The first-order valence-corrected chi connectivity index (χ1v) is 5.51. The lowest BCUT2D eigenvalue weighted by molar-refractivity contribution is 0.794. The predicted octanol–water partition coefficient (Wildman–Crippen LogP) is 2.69. The maximum absolute atomic E-state index is 3.58. The van der Waals surface area contributed by atoms with Crippen molar-refractivity contribution >= 4 is 26.8 Å². The van der Waals surface area contributed by atoms with Crippen molar-refractivity contribution in [3.63, 3.8) is 0 Å². The fourth-order valence-corrected chi connectivity index (χ4v) is 2.29. The number of aromatic nitrogens is 1. The second-order valence-corrected chi connectivity index (χ2v) is 4.18. The Hall–Kier alpha value is -0.800. The van der Waals surface area contributed by atoms with E-state index in [0.717, 1.165) is 13.0 Å². The molecule has 14 heavy (non-hydrogen) atoms. The SMILES string of the molecule is CNCCc1c[nH]c2cccc(Br)c12. The van der Waals surface area contributed by atoms with Gasteiger partial charge in [0.1, 0.15) is 0 Å². The molecule has 0 aliphatic rings. The van der Waals surface area contributed by atoms with Gasteiger partial charge in [-0.15, -0.1) is 0 Å². The molecule has 0 saturated heterocycles. The van der Waals surface area contributed by atoms with Gasteiger partial charge in [0.15, 0.2) is 0 Å². The molecule has 0 bridgehead atoms. The summed E-state index contributed by atoms with van der Waals surface area (Å²) >= 11 is 3.58. The van der Waals surface area contributed by atoms with Gasteiger partial charge < -0.3 is 10.3 Å². The Balaban J connectivity index is 2.45. The minimum Gasteiger partial charge on any atom is -0.361 e. The van der Waals surface area contributed by atoms with E-state index in [1.54, 1.807) is 0 Å². The molecule has 0 radical (unpaired) electrons. The Morgan fingerprint density at radius 2 is 2.29 bits per heavy atom. The van der Waals surface area contributed by atoms with Crippen LogP contribution < -0.4 is 5.32 Å². The van der Waals surface area contributed by atoms with E-state index in [1.165, 1.54) is 20.9 Å². The van der Waals surface area contributed by atoms with Crippen LogP contribution in [0.25, 0.3) is 10.9 Å². The zero-order valence-electron chi connectivity index (χ0n) is 8.10. The maximum Gasteiger partial charge on any atom is 0.0468 e. The summed E-state index contributed by atoms with van der Waals surface area (Å²) in [6, 6.07) is 6.23. The van der Waals surface area contributed by atoms with Gasteiger partial charge in [-0.25, -0.2) is 0 Å². The van der Waals surface area contributed by atoms with Crippen molar-refractivity contribution in [1.29, 1.82) is 0 Å². The summed E-state index contributed by atoms with van der Waals surface area (Å²) < 4.78 is 1.17. The summed E-state index contributed by atoms with van der Waals surface area (Å²) in [7, 11) is 1.98. The number of likely N-dealkylation sites (N-methyl/N-ethyl adjacent to an activating group) is 1. The van der Waals surface area contributed by atoms with Crippen molar-refractivity contribution in [3.05, 3.63) is 34.4 Å². The van der Waals surface area contributed by atoms with Gasteiger partial charge in [0.25, 0.3) is 0 Å². The first-order chi connectivity index (χ1) is 6.83. The van der Waals surface area contributed by atoms with Gasteiger partial charge in [-0.1, -0.05) is 22.0 Å². The number of H-pyrrole nitrogens is 1. The Bertz CT molecular complexity index is 434. The molecule has 2 N–H and O–H groups in total. The van der Waals surface area contributed by atoms with E-state index < -0.39 is 0 Å². The van der Waals surface area contributed by atoms with Crippen molar-refractivity contribution in [2.75, 3.05) is 13.6 Å². The molecule has 1 aromatic heterocycles. The average Bonchev–Trinajstić information content (AvgIpc) is 2.59. The van der Waals surface area contributed by atoms with Crippen LogP contribution in [-0.4, -0.2) is 18.6 Å². The Kier molecular flexibility index (Phi) is 2.89. The van der Waals surface area contributed by atoms with Crippen LogP contribution >= 0.6 is 15.9 Å². The molecule has 0 saturated carbocycles. The van der Waals surface area contributed by atoms with Crippen LogP contribution in [0.4, 0.5) is 0 Å². The lowest BCUT2D eigenvalue weighted by Gasteiger charge is -2.00. The molecule has 0 amide bonds. The van der Waals surface area contributed by atoms with Gasteiger partial charge in [0.2, 0.25) is 0 Å². The first kappa shape index (κ1) is 9.74. The summed E-state index contributed by atoms with van der Waals surface area (Å²) in [6.07, 6.45) is 3.14. The molecule has 2 rings (SSSR count). The lowest BCUT2D eigenvalue weighted by atomic mass is 10.1. The Morgan fingerprint density at radius 3 is 3.07 bits per heavy atom. The molecule has 2 nitrogen and oxygen atoms in total. The smallest absolute Gasteiger partial charge is 0.0468 e. The van der Waals surface area contributed by atoms with Crippen molar-refractivity contribution in [2.45, 2.75) is 6.42 Å². The fourth-order valence-electron chi connectivity index (χ4n) is 1.66. The maximum atomic E-state index is 3.58. The van der Waals surface area contributed by atoms with Crippen LogP contribution in [-0.2, 0) is 6.42 Å². The molecule has 0 atom stereocenters. The van der Waals surface area contributed by atoms with Crippen LogP contribution in [0, 0.1) is 0 Å². The van der Waals surface area contributed by atoms with Crippen LogP contribution in [0.3, 0.4) is 0 Å². The van der Waals surface area contributed by atoms with Gasteiger partial charge in [-0.05, 0) is 37.7 Å². The van der Waals surface area contributed by atoms with E-state index in [4.69, 9.17) is 0 Å². The van der Waals surface area contributed by atoms with Gasteiger partial charge in [0.05, 0.1) is 0 Å². The molecule has 0 fully saturated rings. The van der Waals surface area contributed by atoms with E-state index in [0.29, 0.717) is 0 Å². The molecule has 0 spiro atoms. The van der Waals surface area contributed by atoms with Gasteiger partial charge in [-0.2, -0.15) is 0 Å². The molecule has 2 aromatic rings. The molecule has 0 aliphatic carbocycles. The second kappa shape index (κ2) is 4.15. The number of fused-ring (bicyclic) bond motifs is 1. The first-order valence-electron chi connectivity index (χ1n) is 4.72. The van der Waals surface area contributed by atoms with Crippen molar-refractivity contribution in [1.82, 2.24) is 10.3 Å². The van der Waals surface area contributed by atoms with Crippen molar-refractivity contribution in [3.8, 4) is 0 Å². The third kappa shape index (κ3) is 1.70. The number of aromatic amines is 1. The standard InChI is InChI=1S/C11H13BrN2/c1-13-6-5-8-7-14-10-4-2-3-9(12)11(8)10/h2-4,7,13-14H,5-6H2,1H3. The highest BCUT2D eigenvalue weighted by Gasteiger charge is 2.05. The third-order valence-electron chi connectivity index (χ3n) is 2.38. The number of halogens is 1. The molecule has 1 heterocycles. The Morgan fingerprint density at radius 1 is 1.43 bits per heavy atom. The zero-order chi connectivity index (χ0) is 9.97. The topological polar surface area (TPSA) is 27.8 Å². The number of hydrogen-bond acceptors (Lipinski definition) is 1. The molecule has 0 aliphatic heterocycles. The predicted molar refractivity (Wildman–Crippen MR) is 63.6 cm³/mol. The molecule has 0 unspecified atom stereocenters.